The largest absolute Gasteiger partial charge is 0.460 e. The number of hydrogen-bond acceptors (Lipinski definition) is 5. The molecular weight excluding hydrogens is 406 g/mol. The number of carbonyl (C=O) groups excluding carboxylic acids is 2. The van der Waals surface area contributed by atoms with Crippen molar-refractivity contribution in [3.05, 3.63) is 40.2 Å². The molecule has 4 fully saturated rings. The predicted octanol–water partition coefficient (Wildman–Crippen LogP) is 4.37. The highest BCUT2D eigenvalue weighted by Crippen LogP contribution is 2.64. The number of rotatable bonds is 4. The van der Waals surface area contributed by atoms with Crippen molar-refractivity contribution >= 4 is 40.1 Å². The first-order valence-electron chi connectivity index (χ1n) is 10.4. The van der Waals surface area contributed by atoms with Crippen molar-refractivity contribution < 1.29 is 18.7 Å². The summed E-state index contributed by atoms with van der Waals surface area (Å²) in [4.78, 5) is 36.2. The van der Waals surface area contributed by atoms with E-state index in [0.29, 0.717) is 40.5 Å². The van der Waals surface area contributed by atoms with Crippen molar-refractivity contribution in [3.63, 3.8) is 0 Å². The molecule has 0 aliphatic heterocycles. The van der Waals surface area contributed by atoms with Crippen LogP contribution >= 0.6 is 11.6 Å². The van der Waals surface area contributed by atoms with Crippen molar-refractivity contribution in [3.8, 4) is 0 Å². The van der Waals surface area contributed by atoms with E-state index in [2.05, 4.69) is 5.32 Å². The van der Waals surface area contributed by atoms with Gasteiger partial charge in [0.15, 0.2) is 0 Å². The zero-order valence-corrected chi connectivity index (χ0v) is 17.6. The minimum Gasteiger partial charge on any atom is -0.460 e. The molecule has 1 aromatic heterocycles. The molecule has 6 nitrogen and oxygen atoms in total. The Bertz CT molecular complexity index is 1090. The maximum Gasteiger partial charge on any atom is 0.336 e. The van der Waals surface area contributed by atoms with E-state index in [-0.39, 0.29) is 23.4 Å². The van der Waals surface area contributed by atoms with Crippen LogP contribution in [0, 0.1) is 17.3 Å². The average molecular weight is 430 g/mol. The topological polar surface area (TPSA) is 85.6 Å². The average Bonchev–Trinajstić information content (AvgIpc) is 2.62. The summed E-state index contributed by atoms with van der Waals surface area (Å²) in [6.45, 7) is 1.42. The van der Waals surface area contributed by atoms with Crippen molar-refractivity contribution in [1.29, 1.82) is 0 Å². The number of alkyl halides is 1. The van der Waals surface area contributed by atoms with E-state index in [9.17, 15) is 14.4 Å². The summed E-state index contributed by atoms with van der Waals surface area (Å²) < 4.78 is 11.0. The Morgan fingerprint density at radius 1 is 1.20 bits per heavy atom. The molecule has 7 heteroatoms. The Balaban J connectivity index is 1.38. The van der Waals surface area contributed by atoms with Gasteiger partial charge in [-0.1, -0.05) is 0 Å². The Hall–Kier alpha value is -2.34. The number of anilines is 1. The summed E-state index contributed by atoms with van der Waals surface area (Å²) in [6.07, 6.45) is 5.57. The number of carbonyl (C=O) groups is 2. The van der Waals surface area contributed by atoms with Gasteiger partial charge >= 0.3 is 11.6 Å². The Morgan fingerprint density at radius 2 is 1.93 bits per heavy atom. The molecule has 4 aliphatic carbocycles. The molecule has 4 saturated carbocycles. The fourth-order valence-corrected chi connectivity index (χ4v) is 7.01. The normalized spacial score (nSPS) is 31.7. The summed E-state index contributed by atoms with van der Waals surface area (Å²) in [5.74, 6) is 0.605. The molecule has 1 amide bonds. The molecule has 158 valence electrons. The van der Waals surface area contributed by atoms with E-state index in [0.717, 1.165) is 25.7 Å². The molecule has 1 heterocycles. The Morgan fingerprint density at radius 3 is 2.60 bits per heavy atom. The molecule has 0 spiro atoms. The number of nitrogens with one attached hydrogen (secondary N) is 1. The maximum absolute atomic E-state index is 13.2. The predicted molar refractivity (Wildman–Crippen MR) is 112 cm³/mol. The lowest BCUT2D eigenvalue weighted by Crippen LogP contribution is -2.56. The zero-order chi connectivity index (χ0) is 21.1. The van der Waals surface area contributed by atoms with Crippen LogP contribution in [0.3, 0.4) is 0 Å². The van der Waals surface area contributed by atoms with E-state index < -0.39 is 11.0 Å². The minimum absolute atomic E-state index is 0.00673. The van der Waals surface area contributed by atoms with E-state index >= 15 is 0 Å². The number of benzene rings is 1. The highest BCUT2D eigenvalue weighted by atomic mass is 35.5. The molecule has 4 aliphatic rings. The van der Waals surface area contributed by atoms with Gasteiger partial charge in [0, 0.05) is 40.6 Å². The fourth-order valence-electron chi connectivity index (χ4n) is 6.32. The fraction of sp³-hybridized carbons (Fsp3) is 0.522. The summed E-state index contributed by atoms with van der Waals surface area (Å²) in [5.41, 5.74) is 0.458. The van der Waals surface area contributed by atoms with Gasteiger partial charge in [-0.15, -0.1) is 11.6 Å². The van der Waals surface area contributed by atoms with Crippen LogP contribution in [0.5, 0.6) is 0 Å². The molecule has 0 saturated heterocycles. The van der Waals surface area contributed by atoms with Crippen LogP contribution in [-0.4, -0.2) is 16.8 Å². The number of esters is 1. The minimum atomic E-state index is -0.525. The van der Waals surface area contributed by atoms with Gasteiger partial charge in [0.2, 0.25) is 5.91 Å². The van der Waals surface area contributed by atoms with Gasteiger partial charge in [-0.3, -0.25) is 9.59 Å². The van der Waals surface area contributed by atoms with Crippen LogP contribution in [0.4, 0.5) is 5.69 Å². The Kier molecular flexibility index (Phi) is 4.47. The van der Waals surface area contributed by atoms with Crippen LogP contribution < -0.4 is 10.9 Å². The number of halogens is 1. The molecule has 2 unspecified atom stereocenters. The highest BCUT2D eigenvalue weighted by Gasteiger charge is 2.60. The lowest BCUT2D eigenvalue weighted by Gasteiger charge is -2.58. The van der Waals surface area contributed by atoms with Crippen molar-refractivity contribution in [2.75, 3.05) is 5.32 Å². The standard InChI is InChI=1S/C23H24ClNO5/c1-13(26)25-17-2-3-18-16(5-20(27)30-19(18)6-17)11-29-21(28)22-7-14-4-15(8-22)10-23(24,9-14)12-22/h2-3,5-6,14-15H,4,7-12H2,1H3,(H,25,26). The van der Waals surface area contributed by atoms with Gasteiger partial charge < -0.3 is 14.5 Å². The highest BCUT2D eigenvalue weighted by molar-refractivity contribution is 6.24. The number of fused-ring (bicyclic) bond motifs is 1. The van der Waals surface area contributed by atoms with Crippen LogP contribution in [0.25, 0.3) is 11.0 Å². The smallest absolute Gasteiger partial charge is 0.336 e. The molecule has 1 aromatic carbocycles. The molecule has 6 rings (SSSR count). The molecule has 1 N–H and O–H groups in total. The van der Waals surface area contributed by atoms with Crippen molar-refractivity contribution in [1.82, 2.24) is 0 Å². The van der Waals surface area contributed by atoms with E-state index in [4.69, 9.17) is 20.8 Å². The van der Waals surface area contributed by atoms with Crippen LogP contribution in [-0.2, 0) is 20.9 Å². The summed E-state index contributed by atoms with van der Waals surface area (Å²) in [5, 5.41) is 3.34. The molecule has 2 atom stereocenters. The van der Waals surface area contributed by atoms with Crippen molar-refractivity contribution in [2.45, 2.75) is 56.9 Å². The lowest BCUT2D eigenvalue weighted by atomic mass is 9.49. The quantitative estimate of drug-likeness (QED) is 0.443. The van der Waals surface area contributed by atoms with Gasteiger partial charge in [0.1, 0.15) is 12.2 Å². The third kappa shape index (κ3) is 3.41. The van der Waals surface area contributed by atoms with E-state index in [1.807, 2.05) is 0 Å². The first kappa shape index (κ1) is 19.6. The second-order valence-corrected chi connectivity index (χ2v) is 10.3. The Labute approximate surface area is 178 Å². The third-order valence-corrected chi connectivity index (χ3v) is 7.37. The summed E-state index contributed by atoms with van der Waals surface area (Å²) in [7, 11) is 0. The van der Waals surface area contributed by atoms with Gasteiger partial charge in [0.25, 0.3) is 0 Å². The van der Waals surface area contributed by atoms with Crippen LogP contribution in [0.2, 0.25) is 0 Å². The van der Waals surface area contributed by atoms with Gasteiger partial charge in [-0.05, 0) is 62.5 Å². The van der Waals surface area contributed by atoms with Crippen LogP contribution in [0.1, 0.15) is 51.0 Å². The lowest BCUT2D eigenvalue weighted by molar-refractivity contribution is -0.171. The second kappa shape index (κ2) is 6.84. The first-order valence-corrected chi connectivity index (χ1v) is 10.8. The summed E-state index contributed by atoms with van der Waals surface area (Å²) in [6, 6.07) is 6.44. The number of ether oxygens (including phenoxy) is 1. The van der Waals surface area contributed by atoms with Gasteiger partial charge in [-0.25, -0.2) is 4.79 Å². The van der Waals surface area contributed by atoms with Gasteiger partial charge in [0.05, 0.1) is 5.41 Å². The number of amides is 1. The van der Waals surface area contributed by atoms with Gasteiger partial charge in [-0.2, -0.15) is 0 Å². The van der Waals surface area contributed by atoms with Crippen molar-refractivity contribution in [2.24, 2.45) is 17.3 Å². The SMILES string of the molecule is CC(=O)Nc1ccc2c(COC(=O)C34CC5CC(CC(Cl)(C5)C3)C4)cc(=O)oc2c1. The first-order chi connectivity index (χ1) is 14.2. The molecule has 0 radical (unpaired) electrons. The van der Waals surface area contributed by atoms with Crippen LogP contribution in [0.15, 0.2) is 33.5 Å². The molecule has 2 aromatic rings. The number of hydrogen-bond donors (Lipinski definition) is 1. The monoisotopic (exact) mass is 429 g/mol. The second-order valence-electron chi connectivity index (χ2n) is 9.45. The van der Waals surface area contributed by atoms with E-state index in [1.165, 1.54) is 19.4 Å². The molecular formula is C23H24ClNO5. The maximum atomic E-state index is 13.2. The molecule has 4 bridgehead atoms. The molecule has 30 heavy (non-hydrogen) atoms. The van der Waals surface area contributed by atoms with E-state index in [1.54, 1.807) is 18.2 Å². The summed E-state index contributed by atoms with van der Waals surface area (Å²) >= 11 is 6.84. The third-order valence-electron chi connectivity index (χ3n) is 6.93. The zero-order valence-electron chi connectivity index (χ0n) is 16.8.